The molecule has 0 amide bonds. The van der Waals surface area contributed by atoms with Gasteiger partial charge < -0.3 is 18.4 Å². The van der Waals surface area contributed by atoms with Gasteiger partial charge in [-0.15, -0.1) is 24.3 Å². The van der Waals surface area contributed by atoms with Crippen LogP contribution < -0.4 is 9.30 Å². The summed E-state index contributed by atoms with van der Waals surface area (Å²) in [7, 11) is 0. The van der Waals surface area contributed by atoms with E-state index in [1.807, 2.05) is 75.9 Å². The number of benzene rings is 9. The fraction of sp³-hybridized carbons (Fsp3) is 0.143. The Hall–Kier alpha value is -8.31. The molecule has 0 spiro atoms. The van der Waals surface area contributed by atoms with Gasteiger partial charge in [-0.3, -0.25) is 4.57 Å². The third-order valence-corrected chi connectivity index (χ3v) is 14.5. The van der Waals surface area contributed by atoms with Crippen LogP contribution >= 0.6 is 0 Å². The molecular formula is C70H57N5OPt-2. The topological polar surface area (TPSA) is 40.8 Å². The number of para-hydroxylation sites is 6. The molecule has 77 heavy (non-hydrogen) atoms. The van der Waals surface area contributed by atoms with Crippen LogP contribution in [0.4, 0.5) is 0 Å². The molecule has 0 fully saturated rings. The van der Waals surface area contributed by atoms with Crippen molar-refractivity contribution in [2.45, 2.75) is 65.7 Å². The Bertz CT molecular complexity index is 4770. The van der Waals surface area contributed by atoms with Gasteiger partial charge in [0.1, 0.15) is 5.82 Å². The molecule has 0 atom stereocenters. The number of aromatic nitrogens is 5. The molecule has 0 N–H and O–H groups in total. The van der Waals surface area contributed by atoms with Gasteiger partial charge in [-0.2, -0.15) is 12.1 Å². The molecule has 7 heteroatoms. The molecule has 0 saturated heterocycles. The number of aryl methyl sites for hydroxylation is 1. The smallest absolute Gasteiger partial charge is 0.268 e. The van der Waals surface area contributed by atoms with Gasteiger partial charge in [0.2, 0.25) is 0 Å². The van der Waals surface area contributed by atoms with E-state index in [1.54, 1.807) is 22.9 Å². The van der Waals surface area contributed by atoms with Gasteiger partial charge in [-0.05, 0) is 103 Å². The summed E-state index contributed by atoms with van der Waals surface area (Å²) >= 11 is 0. The van der Waals surface area contributed by atoms with E-state index in [1.165, 1.54) is 11.1 Å². The number of fused-ring (bicyclic) bond motifs is 7. The van der Waals surface area contributed by atoms with E-state index in [2.05, 4.69) is 144 Å². The molecule has 4 aromatic heterocycles. The largest absolute Gasteiger partial charge is 0.510 e. The molecule has 0 aliphatic carbocycles. The summed E-state index contributed by atoms with van der Waals surface area (Å²) in [5.41, 5.74) is 12.4. The van der Waals surface area contributed by atoms with Crippen LogP contribution in [0.3, 0.4) is 0 Å². The first-order chi connectivity index (χ1) is 40.2. The minimum atomic E-state index is -0.525. The number of nitrogens with zero attached hydrogens (tertiary/aromatic N) is 5. The first-order valence-corrected chi connectivity index (χ1v) is 25.7. The second-order valence-electron chi connectivity index (χ2n) is 21.4. The van der Waals surface area contributed by atoms with Crippen LogP contribution in [0.25, 0.3) is 99.8 Å². The average molecular weight is 1190 g/mol. The van der Waals surface area contributed by atoms with Crippen molar-refractivity contribution >= 4 is 54.6 Å². The van der Waals surface area contributed by atoms with E-state index in [0.717, 1.165) is 61.9 Å². The van der Waals surface area contributed by atoms with Crippen molar-refractivity contribution in [3.8, 4) is 56.6 Å². The maximum absolute atomic E-state index is 9.48. The molecule has 4 heterocycles. The average Bonchev–Trinajstić information content (AvgIpc) is 1.58. The standard InChI is InChI=1S/C70H57N5O.Pt/c1-8-46-36-37-71-66(38-46)75-61-33-17-14-28-58(61)67-64(74-59-31-15-12-26-56(59)57-27-13-16-32-60(57)74)43-53(44-65(67)75)76-52-25-20-24-51(42-52)72-45-73(63-35-19-18-34-62(63)72)68-54(47-22-10-9-11-23-47)29-21-30-55(68)48-39-49(69(2,3)4)41-50(40-48)70(5,6)7;/h9-41,43H,8H2,1-7H3;/q-2;/i12D,13D,15D,16D,26D,27D,31D,32D;. The molecule has 0 bridgehead atoms. The second-order valence-corrected chi connectivity index (χ2v) is 21.4. The van der Waals surface area contributed by atoms with E-state index in [4.69, 9.17) is 15.2 Å². The number of hydrogen-bond donors (Lipinski definition) is 0. The van der Waals surface area contributed by atoms with Crippen molar-refractivity contribution in [1.82, 2.24) is 18.7 Å². The van der Waals surface area contributed by atoms with Crippen molar-refractivity contribution in [1.29, 1.82) is 0 Å². The van der Waals surface area contributed by atoms with Gasteiger partial charge in [-0.1, -0.05) is 205 Å². The molecule has 0 aliphatic rings. The van der Waals surface area contributed by atoms with Crippen LogP contribution in [0.2, 0.25) is 0 Å². The minimum Gasteiger partial charge on any atom is -0.510 e. The van der Waals surface area contributed by atoms with E-state index < -0.39 is 48.3 Å². The summed E-state index contributed by atoms with van der Waals surface area (Å²) in [4.78, 5) is 4.88. The van der Waals surface area contributed by atoms with Gasteiger partial charge in [-0.25, -0.2) is 4.98 Å². The predicted molar refractivity (Wildman–Crippen MR) is 312 cm³/mol. The van der Waals surface area contributed by atoms with Gasteiger partial charge in [0.05, 0.1) is 38.7 Å². The minimum absolute atomic E-state index is 0. The van der Waals surface area contributed by atoms with Crippen LogP contribution in [-0.2, 0) is 38.3 Å². The van der Waals surface area contributed by atoms with E-state index in [9.17, 15) is 5.48 Å². The Morgan fingerprint density at radius 1 is 0.571 bits per heavy atom. The van der Waals surface area contributed by atoms with Crippen molar-refractivity contribution < 1.29 is 41.3 Å². The Kier molecular flexibility index (Phi) is 10.3. The summed E-state index contributed by atoms with van der Waals surface area (Å²) in [5.74, 6) is 1.09. The fourth-order valence-corrected chi connectivity index (χ4v) is 10.6. The molecule has 13 rings (SSSR count). The Balaban J connectivity index is 0.00000709. The normalized spacial score (nSPS) is 13.5. The van der Waals surface area contributed by atoms with Gasteiger partial charge in [0.15, 0.2) is 0 Å². The maximum atomic E-state index is 9.48. The van der Waals surface area contributed by atoms with Gasteiger partial charge in [0, 0.05) is 55.1 Å². The van der Waals surface area contributed by atoms with Crippen LogP contribution in [0.15, 0.2) is 206 Å². The summed E-state index contributed by atoms with van der Waals surface area (Å²) in [6.45, 7) is 15.6. The number of pyridine rings is 1. The summed E-state index contributed by atoms with van der Waals surface area (Å²) < 4.78 is 87.6. The van der Waals surface area contributed by atoms with Crippen molar-refractivity contribution in [2.24, 2.45) is 0 Å². The number of ether oxygens (including phenoxy) is 1. The molecule has 0 unspecified atom stereocenters. The van der Waals surface area contributed by atoms with Crippen LogP contribution in [0, 0.1) is 18.5 Å². The van der Waals surface area contributed by atoms with Gasteiger partial charge in [0.25, 0.3) is 6.33 Å². The number of hydrogen-bond acceptors (Lipinski definition) is 2. The predicted octanol–water partition coefficient (Wildman–Crippen LogP) is 17.2. The zero-order valence-corrected chi connectivity index (χ0v) is 46.0. The molecule has 380 valence electrons. The molecule has 0 saturated carbocycles. The Morgan fingerprint density at radius 2 is 1.21 bits per heavy atom. The Morgan fingerprint density at radius 3 is 1.91 bits per heavy atom. The SMILES string of the molecule is [2H]c1c([2H])c([2H])c2c(c1[2H])c1c([2H])c([2H])c([2H])c([2H])c1n2-c1cc(Oc2[c-]c(-n3[c-][n+](-c4c(-c5ccccc5)cccc4-c4cc(C(C)(C)C)cc(C(C)(C)C)c4)c4ccccc43)ccc2)[c-]c2c1c1ccccc1n2-c1cc(CC)ccn1.[Pt]. The quantitative estimate of drug-likeness (QED) is 0.107. The van der Waals surface area contributed by atoms with Crippen molar-refractivity contribution in [2.75, 3.05) is 0 Å². The van der Waals surface area contributed by atoms with Gasteiger partial charge >= 0.3 is 0 Å². The van der Waals surface area contributed by atoms with E-state index in [-0.39, 0.29) is 59.5 Å². The van der Waals surface area contributed by atoms with E-state index in [0.29, 0.717) is 33.8 Å². The summed E-state index contributed by atoms with van der Waals surface area (Å²) in [6, 6.07) is 54.6. The second kappa shape index (κ2) is 19.4. The third kappa shape index (κ3) is 8.66. The van der Waals surface area contributed by atoms with Crippen molar-refractivity contribution in [3.05, 3.63) is 241 Å². The molecule has 13 aromatic rings. The molecular weight excluding hydrogens is 1120 g/mol. The molecule has 9 aromatic carbocycles. The summed E-state index contributed by atoms with van der Waals surface area (Å²) in [5, 5.41) is 1.24. The van der Waals surface area contributed by atoms with Crippen LogP contribution in [0.1, 0.15) is 76.1 Å². The van der Waals surface area contributed by atoms with E-state index >= 15 is 0 Å². The maximum Gasteiger partial charge on any atom is 0.268 e. The molecule has 6 nitrogen and oxygen atoms in total. The van der Waals surface area contributed by atoms with Crippen LogP contribution in [0.5, 0.6) is 11.5 Å². The zero-order valence-electron chi connectivity index (χ0n) is 51.7. The Labute approximate surface area is 476 Å². The third-order valence-electron chi connectivity index (χ3n) is 14.5. The summed E-state index contributed by atoms with van der Waals surface area (Å²) in [6.07, 6.45) is 6.30. The first-order valence-electron chi connectivity index (χ1n) is 29.7. The number of rotatable bonds is 9. The fourth-order valence-electron chi connectivity index (χ4n) is 10.6. The number of imidazole rings is 1. The zero-order chi connectivity index (χ0) is 58.8. The first kappa shape index (κ1) is 40.9. The van der Waals surface area contributed by atoms with Crippen LogP contribution in [-0.4, -0.2) is 18.7 Å². The molecule has 0 radical (unpaired) electrons. The molecule has 0 aliphatic heterocycles. The van der Waals surface area contributed by atoms with Crippen molar-refractivity contribution in [3.63, 3.8) is 0 Å². The monoisotopic (exact) mass is 1190 g/mol.